The van der Waals surface area contributed by atoms with Crippen LogP contribution >= 0.6 is 11.8 Å². The molecule has 0 aromatic heterocycles. The molecule has 1 aliphatic carbocycles. The molecular weight excluding hydrogens is 314 g/mol. The van der Waals surface area contributed by atoms with Gasteiger partial charge in [0.1, 0.15) is 0 Å². The van der Waals surface area contributed by atoms with Gasteiger partial charge in [0.2, 0.25) is 0 Å². The highest BCUT2D eigenvalue weighted by molar-refractivity contribution is 8.00. The number of rotatable bonds is 10. The van der Waals surface area contributed by atoms with Crippen molar-refractivity contribution in [2.45, 2.75) is 63.3 Å². The first-order valence-electron chi connectivity index (χ1n) is 8.45. The van der Waals surface area contributed by atoms with E-state index >= 15 is 0 Å². The first-order valence-corrected chi connectivity index (χ1v) is 9.67. The Morgan fingerprint density at radius 1 is 1.26 bits per heavy atom. The normalized spacial score (nSPS) is 20.9. The molecule has 0 aromatic rings. The standard InChI is InChI=1S/C16H31N3O3S/c1-5-16(6-2,23-4)11-17-15(22)18-12-8-13(9-12)19(7-3)10-14(20)21/h12-13H,5-11H2,1-4H3,(H,20,21)(H2,17,18,22). The van der Waals surface area contributed by atoms with E-state index in [-0.39, 0.29) is 29.4 Å². The SMILES string of the molecule is CCN(CC(=O)O)C1CC(NC(=O)NCC(CC)(CC)SC)C1. The summed E-state index contributed by atoms with van der Waals surface area (Å²) in [5.41, 5.74) is 0. The molecule has 134 valence electrons. The van der Waals surface area contributed by atoms with Crippen molar-refractivity contribution >= 4 is 23.8 Å². The van der Waals surface area contributed by atoms with Gasteiger partial charge in [-0.25, -0.2) is 4.79 Å². The lowest BCUT2D eigenvalue weighted by Gasteiger charge is -2.42. The fraction of sp³-hybridized carbons (Fsp3) is 0.875. The molecule has 7 heteroatoms. The number of hydrogen-bond acceptors (Lipinski definition) is 4. The van der Waals surface area contributed by atoms with E-state index in [1.165, 1.54) is 0 Å². The minimum absolute atomic E-state index is 0.0727. The summed E-state index contributed by atoms with van der Waals surface area (Å²) in [5.74, 6) is -0.798. The Morgan fingerprint density at radius 2 is 1.87 bits per heavy atom. The van der Waals surface area contributed by atoms with E-state index < -0.39 is 5.97 Å². The van der Waals surface area contributed by atoms with Gasteiger partial charge in [-0.05, 0) is 38.5 Å². The van der Waals surface area contributed by atoms with Crippen molar-refractivity contribution in [2.75, 3.05) is 25.9 Å². The summed E-state index contributed by atoms with van der Waals surface area (Å²) in [6.07, 6.45) is 5.78. The third-order valence-corrected chi connectivity index (χ3v) is 6.59. The first kappa shape index (κ1) is 20.1. The predicted molar refractivity (Wildman–Crippen MR) is 95.1 cm³/mol. The van der Waals surface area contributed by atoms with E-state index in [0.29, 0.717) is 6.54 Å². The van der Waals surface area contributed by atoms with Crippen LogP contribution in [0.5, 0.6) is 0 Å². The molecule has 1 rings (SSSR count). The zero-order valence-electron chi connectivity index (χ0n) is 14.7. The number of thioether (sulfide) groups is 1. The molecule has 3 N–H and O–H groups in total. The zero-order chi connectivity index (χ0) is 17.5. The number of carboxylic acids is 1. The number of amides is 2. The molecule has 0 heterocycles. The van der Waals surface area contributed by atoms with Gasteiger partial charge >= 0.3 is 12.0 Å². The monoisotopic (exact) mass is 345 g/mol. The van der Waals surface area contributed by atoms with E-state index in [1.807, 2.05) is 11.8 Å². The largest absolute Gasteiger partial charge is 0.480 e. The van der Waals surface area contributed by atoms with E-state index in [0.717, 1.165) is 32.2 Å². The minimum atomic E-state index is -0.798. The third kappa shape index (κ3) is 5.88. The van der Waals surface area contributed by atoms with E-state index in [4.69, 9.17) is 5.11 Å². The quantitative estimate of drug-likeness (QED) is 0.565. The Kier molecular flexibility index (Phi) is 8.19. The maximum absolute atomic E-state index is 12.0. The Balaban J connectivity index is 2.31. The molecule has 0 radical (unpaired) electrons. The fourth-order valence-electron chi connectivity index (χ4n) is 3.02. The highest BCUT2D eigenvalue weighted by Crippen LogP contribution is 2.29. The van der Waals surface area contributed by atoms with Crippen LogP contribution in [0.1, 0.15) is 46.5 Å². The molecular formula is C16H31N3O3S. The fourth-order valence-corrected chi connectivity index (χ4v) is 3.81. The Hall–Kier alpha value is -0.950. The van der Waals surface area contributed by atoms with Crippen LogP contribution < -0.4 is 10.6 Å². The van der Waals surface area contributed by atoms with Crippen molar-refractivity contribution in [1.29, 1.82) is 0 Å². The van der Waals surface area contributed by atoms with Gasteiger partial charge in [0.05, 0.1) is 6.54 Å². The van der Waals surface area contributed by atoms with Crippen LogP contribution in [0, 0.1) is 0 Å². The van der Waals surface area contributed by atoms with E-state index in [1.54, 1.807) is 11.8 Å². The highest BCUT2D eigenvalue weighted by atomic mass is 32.2. The number of nitrogens with zero attached hydrogens (tertiary/aromatic N) is 1. The van der Waals surface area contributed by atoms with Gasteiger partial charge in [-0.2, -0.15) is 11.8 Å². The van der Waals surface area contributed by atoms with E-state index in [2.05, 4.69) is 30.7 Å². The Bertz CT molecular complexity index is 388. The van der Waals surface area contributed by atoms with Gasteiger partial charge in [-0.15, -0.1) is 0 Å². The molecule has 6 nitrogen and oxygen atoms in total. The number of hydrogen-bond donors (Lipinski definition) is 3. The summed E-state index contributed by atoms with van der Waals surface area (Å²) < 4.78 is 0.111. The molecule has 0 unspecified atom stereocenters. The van der Waals surface area contributed by atoms with Gasteiger partial charge in [0.15, 0.2) is 0 Å². The zero-order valence-corrected chi connectivity index (χ0v) is 15.5. The average Bonchev–Trinajstić information content (AvgIpc) is 2.50. The van der Waals surface area contributed by atoms with Crippen LogP contribution in [-0.4, -0.2) is 64.7 Å². The van der Waals surface area contributed by atoms with Crippen molar-refractivity contribution in [1.82, 2.24) is 15.5 Å². The molecule has 0 atom stereocenters. The molecule has 1 saturated carbocycles. The number of likely N-dealkylation sites (N-methyl/N-ethyl adjacent to an activating group) is 1. The lowest BCUT2D eigenvalue weighted by Crippen LogP contribution is -2.57. The molecule has 23 heavy (non-hydrogen) atoms. The first-order chi connectivity index (χ1) is 10.9. The Labute approximate surface area is 143 Å². The third-order valence-electron chi connectivity index (χ3n) is 5.00. The summed E-state index contributed by atoms with van der Waals surface area (Å²) in [6.45, 7) is 7.73. The Morgan fingerprint density at radius 3 is 2.30 bits per heavy atom. The number of nitrogens with one attached hydrogen (secondary N) is 2. The maximum Gasteiger partial charge on any atom is 0.317 e. The second kappa shape index (κ2) is 9.37. The minimum Gasteiger partial charge on any atom is -0.480 e. The molecule has 1 fully saturated rings. The summed E-state index contributed by atoms with van der Waals surface area (Å²) in [7, 11) is 0. The lowest BCUT2D eigenvalue weighted by molar-refractivity contribution is -0.139. The van der Waals surface area contributed by atoms with Crippen LogP contribution in [0.3, 0.4) is 0 Å². The highest BCUT2D eigenvalue weighted by Gasteiger charge is 2.35. The second-order valence-electron chi connectivity index (χ2n) is 6.20. The van der Waals surface area contributed by atoms with Crippen LogP contribution in [0.2, 0.25) is 0 Å². The number of urea groups is 1. The molecule has 0 spiro atoms. The molecule has 0 aromatic carbocycles. The molecule has 0 saturated heterocycles. The molecule has 1 aliphatic rings. The summed E-state index contributed by atoms with van der Waals surface area (Å²) in [6, 6.07) is 0.294. The summed E-state index contributed by atoms with van der Waals surface area (Å²) in [4.78, 5) is 24.8. The number of carbonyl (C=O) groups excluding carboxylic acids is 1. The van der Waals surface area contributed by atoms with Crippen LogP contribution in [-0.2, 0) is 4.79 Å². The van der Waals surface area contributed by atoms with Gasteiger partial charge in [0, 0.05) is 23.4 Å². The second-order valence-corrected chi connectivity index (χ2v) is 7.47. The average molecular weight is 346 g/mol. The van der Waals surface area contributed by atoms with Crippen molar-refractivity contribution < 1.29 is 14.7 Å². The molecule has 0 bridgehead atoms. The van der Waals surface area contributed by atoms with Crippen LogP contribution in [0.4, 0.5) is 4.79 Å². The van der Waals surface area contributed by atoms with Crippen molar-refractivity contribution in [3.8, 4) is 0 Å². The van der Waals surface area contributed by atoms with Gasteiger partial charge in [0.25, 0.3) is 0 Å². The maximum atomic E-state index is 12.0. The molecule has 2 amide bonds. The van der Waals surface area contributed by atoms with Crippen molar-refractivity contribution in [2.24, 2.45) is 0 Å². The number of carboxylic acid groups (broad SMARTS) is 1. The molecule has 0 aliphatic heterocycles. The van der Waals surface area contributed by atoms with Gasteiger partial charge < -0.3 is 15.7 Å². The predicted octanol–water partition coefficient (Wildman–Crippen LogP) is 2.14. The van der Waals surface area contributed by atoms with E-state index in [9.17, 15) is 9.59 Å². The summed E-state index contributed by atoms with van der Waals surface area (Å²) in [5, 5.41) is 14.9. The number of carbonyl (C=O) groups is 2. The van der Waals surface area contributed by atoms with Crippen LogP contribution in [0.15, 0.2) is 0 Å². The van der Waals surface area contributed by atoms with Crippen LogP contribution in [0.25, 0.3) is 0 Å². The van der Waals surface area contributed by atoms with Crippen molar-refractivity contribution in [3.05, 3.63) is 0 Å². The summed E-state index contributed by atoms with van der Waals surface area (Å²) >= 11 is 1.81. The van der Waals surface area contributed by atoms with Gasteiger partial charge in [-0.3, -0.25) is 9.69 Å². The topological polar surface area (TPSA) is 81.7 Å². The number of aliphatic carboxylic acids is 1. The lowest BCUT2D eigenvalue weighted by atomic mass is 9.85. The smallest absolute Gasteiger partial charge is 0.317 e. The van der Waals surface area contributed by atoms with Crippen molar-refractivity contribution in [3.63, 3.8) is 0 Å². The van der Waals surface area contributed by atoms with Gasteiger partial charge in [-0.1, -0.05) is 20.8 Å².